The van der Waals surface area contributed by atoms with Crippen molar-refractivity contribution in [2.75, 3.05) is 6.61 Å². The second-order valence-electron chi connectivity index (χ2n) is 5.40. The third kappa shape index (κ3) is 3.42. The highest BCUT2D eigenvalue weighted by Gasteiger charge is 2.30. The van der Waals surface area contributed by atoms with Gasteiger partial charge < -0.3 is 10.1 Å². The molecule has 1 atom stereocenters. The Kier molecular flexibility index (Phi) is 4.07. The largest absolute Gasteiger partial charge is 0.492 e. The Labute approximate surface area is 126 Å². The summed E-state index contributed by atoms with van der Waals surface area (Å²) in [4.78, 5) is 0. The fraction of sp³-hybridized carbons (Fsp3) is 0.294. The summed E-state index contributed by atoms with van der Waals surface area (Å²) in [5.41, 5.74) is 1.13. The van der Waals surface area contributed by atoms with Crippen LogP contribution in [0.1, 0.15) is 16.7 Å². The summed E-state index contributed by atoms with van der Waals surface area (Å²) >= 11 is 0. The number of fused-ring (bicyclic) bond motifs is 1. The van der Waals surface area contributed by atoms with Crippen molar-refractivity contribution in [3.05, 3.63) is 65.2 Å². The second kappa shape index (κ2) is 6.01. The molecule has 0 saturated heterocycles. The molecule has 2 aromatic carbocycles. The van der Waals surface area contributed by atoms with Gasteiger partial charge in [-0.1, -0.05) is 36.4 Å². The van der Waals surface area contributed by atoms with Gasteiger partial charge in [0.2, 0.25) is 0 Å². The van der Waals surface area contributed by atoms with Gasteiger partial charge in [0.15, 0.2) is 0 Å². The standard InChI is InChI=1S/C17H16F3NO/c18-17(19,20)14-6-3-4-12(8-14)10-21-15-9-13-5-1-2-7-16(13)22-11-15/h1-8,15,21H,9-11H2. The minimum atomic E-state index is -4.30. The molecule has 3 rings (SSSR count). The smallest absolute Gasteiger partial charge is 0.416 e. The monoisotopic (exact) mass is 307 g/mol. The first-order valence-corrected chi connectivity index (χ1v) is 7.12. The first-order chi connectivity index (χ1) is 10.5. The van der Waals surface area contributed by atoms with Gasteiger partial charge in [0.25, 0.3) is 0 Å². The lowest BCUT2D eigenvalue weighted by Gasteiger charge is -2.26. The Morgan fingerprint density at radius 3 is 2.73 bits per heavy atom. The Morgan fingerprint density at radius 1 is 1.09 bits per heavy atom. The first kappa shape index (κ1) is 14.9. The normalized spacial score (nSPS) is 17.7. The molecule has 1 N–H and O–H groups in total. The third-order valence-corrected chi connectivity index (χ3v) is 3.73. The van der Waals surface area contributed by atoms with E-state index in [4.69, 9.17) is 4.74 Å². The summed E-state index contributed by atoms with van der Waals surface area (Å²) < 4.78 is 43.7. The van der Waals surface area contributed by atoms with Gasteiger partial charge in [-0.15, -0.1) is 0 Å². The van der Waals surface area contributed by atoms with Crippen LogP contribution in [0.15, 0.2) is 48.5 Å². The van der Waals surface area contributed by atoms with Crippen LogP contribution in [-0.4, -0.2) is 12.6 Å². The molecule has 0 fully saturated rings. The molecule has 5 heteroatoms. The van der Waals surface area contributed by atoms with Crippen molar-refractivity contribution in [2.24, 2.45) is 0 Å². The number of hydrogen-bond donors (Lipinski definition) is 1. The van der Waals surface area contributed by atoms with Gasteiger partial charge in [-0.3, -0.25) is 0 Å². The molecular formula is C17H16F3NO. The van der Waals surface area contributed by atoms with Gasteiger partial charge >= 0.3 is 6.18 Å². The van der Waals surface area contributed by atoms with Crippen LogP contribution in [0.25, 0.3) is 0 Å². The van der Waals surface area contributed by atoms with Gasteiger partial charge in [-0.05, 0) is 29.7 Å². The molecule has 0 spiro atoms. The van der Waals surface area contributed by atoms with Crippen LogP contribution < -0.4 is 10.1 Å². The van der Waals surface area contributed by atoms with Gasteiger partial charge in [0, 0.05) is 12.6 Å². The van der Waals surface area contributed by atoms with Gasteiger partial charge in [0.05, 0.1) is 5.56 Å². The van der Waals surface area contributed by atoms with Crippen molar-refractivity contribution in [1.82, 2.24) is 5.32 Å². The first-order valence-electron chi connectivity index (χ1n) is 7.12. The zero-order valence-corrected chi connectivity index (χ0v) is 11.9. The minimum Gasteiger partial charge on any atom is -0.492 e. The average Bonchev–Trinajstić information content (AvgIpc) is 2.52. The SMILES string of the molecule is FC(F)(F)c1cccc(CNC2COc3ccccc3C2)c1. The lowest BCUT2D eigenvalue weighted by atomic mass is 10.0. The lowest BCUT2D eigenvalue weighted by molar-refractivity contribution is -0.137. The van der Waals surface area contributed by atoms with E-state index in [1.54, 1.807) is 6.07 Å². The van der Waals surface area contributed by atoms with E-state index in [-0.39, 0.29) is 6.04 Å². The van der Waals surface area contributed by atoms with Crippen LogP contribution >= 0.6 is 0 Å². The lowest BCUT2D eigenvalue weighted by Crippen LogP contribution is -2.38. The molecule has 2 nitrogen and oxygen atoms in total. The van der Waals surface area contributed by atoms with Crippen LogP contribution in [0, 0.1) is 0 Å². The molecular weight excluding hydrogens is 291 g/mol. The molecule has 1 unspecified atom stereocenters. The van der Waals surface area contributed by atoms with Crippen LogP contribution in [0.5, 0.6) is 5.75 Å². The van der Waals surface area contributed by atoms with E-state index >= 15 is 0 Å². The molecule has 0 aromatic heterocycles. The molecule has 2 aromatic rings. The summed E-state index contributed by atoms with van der Waals surface area (Å²) in [6.07, 6.45) is -3.49. The molecule has 1 aliphatic heterocycles. The van der Waals surface area contributed by atoms with Gasteiger partial charge in [-0.25, -0.2) is 0 Å². The number of benzene rings is 2. The third-order valence-electron chi connectivity index (χ3n) is 3.73. The molecule has 0 bridgehead atoms. The molecule has 0 aliphatic carbocycles. The minimum absolute atomic E-state index is 0.101. The summed E-state index contributed by atoms with van der Waals surface area (Å²) in [7, 11) is 0. The molecule has 22 heavy (non-hydrogen) atoms. The highest BCUT2D eigenvalue weighted by atomic mass is 19.4. The molecule has 0 amide bonds. The van der Waals surface area contributed by atoms with Crippen LogP contribution in [0.3, 0.4) is 0 Å². The van der Waals surface area contributed by atoms with E-state index in [1.807, 2.05) is 24.3 Å². The summed E-state index contributed by atoms with van der Waals surface area (Å²) in [6.45, 7) is 0.913. The van der Waals surface area contributed by atoms with Gasteiger partial charge in [0.1, 0.15) is 12.4 Å². The summed E-state index contributed by atoms with van der Waals surface area (Å²) in [6, 6.07) is 13.3. The van der Waals surface area contributed by atoms with E-state index in [0.29, 0.717) is 18.7 Å². The number of alkyl halides is 3. The van der Waals surface area contributed by atoms with E-state index in [2.05, 4.69) is 5.32 Å². The van der Waals surface area contributed by atoms with Crippen LogP contribution in [0.4, 0.5) is 13.2 Å². The number of rotatable bonds is 3. The maximum absolute atomic E-state index is 12.7. The van der Waals surface area contributed by atoms with E-state index in [0.717, 1.165) is 23.8 Å². The zero-order chi connectivity index (χ0) is 15.6. The summed E-state index contributed by atoms with van der Waals surface area (Å²) in [5.74, 6) is 0.889. The van der Waals surface area contributed by atoms with Crippen LogP contribution in [-0.2, 0) is 19.1 Å². The molecule has 1 heterocycles. The number of hydrogen-bond acceptors (Lipinski definition) is 2. The Balaban J connectivity index is 1.62. The predicted molar refractivity (Wildman–Crippen MR) is 77.7 cm³/mol. The van der Waals surface area contributed by atoms with Crippen molar-refractivity contribution in [1.29, 1.82) is 0 Å². The van der Waals surface area contributed by atoms with E-state index in [9.17, 15) is 13.2 Å². The predicted octanol–water partition coefficient (Wildman–Crippen LogP) is 3.80. The van der Waals surface area contributed by atoms with Gasteiger partial charge in [-0.2, -0.15) is 13.2 Å². The quantitative estimate of drug-likeness (QED) is 0.931. The average molecular weight is 307 g/mol. The highest BCUT2D eigenvalue weighted by molar-refractivity contribution is 5.35. The number of para-hydroxylation sites is 1. The Hall–Kier alpha value is -2.01. The van der Waals surface area contributed by atoms with E-state index in [1.165, 1.54) is 12.1 Å². The number of halogens is 3. The maximum atomic E-state index is 12.7. The second-order valence-corrected chi connectivity index (χ2v) is 5.40. The summed E-state index contributed by atoms with van der Waals surface area (Å²) in [5, 5.41) is 3.27. The number of nitrogens with one attached hydrogen (secondary N) is 1. The molecule has 1 aliphatic rings. The van der Waals surface area contributed by atoms with Crippen molar-refractivity contribution in [3.63, 3.8) is 0 Å². The Bertz CT molecular complexity index is 654. The topological polar surface area (TPSA) is 21.3 Å². The zero-order valence-electron chi connectivity index (χ0n) is 11.9. The van der Waals surface area contributed by atoms with E-state index < -0.39 is 11.7 Å². The fourth-order valence-corrected chi connectivity index (χ4v) is 2.58. The van der Waals surface area contributed by atoms with Crippen molar-refractivity contribution < 1.29 is 17.9 Å². The molecule has 0 radical (unpaired) electrons. The van der Waals surface area contributed by atoms with Crippen molar-refractivity contribution in [2.45, 2.75) is 25.2 Å². The molecule has 0 saturated carbocycles. The maximum Gasteiger partial charge on any atom is 0.416 e. The number of ether oxygens (including phenoxy) is 1. The fourth-order valence-electron chi connectivity index (χ4n) is 2.58. The highest BCUT2D eigenvalue weighted by Crippen LogP contribution is 2.29. The van der Waals surface area contributed by atoms with Crippen molar-refractivity contribution >= 4 is 0 Å². The van der Waals surface area contributed by atoms with Crippen LogP contribution in [0.2, 0.25) is 0 Å². The van der Waals surface area contributed by atoms with Crippen molar-refractivity contribution in [3.8, 4) is 5.75 Å². The Morgan fingerprint density at radius 2 is 1.91 bits per heavy atom. The molecule has 116 valence electrons.